The van der Waals surface area contributed by atoms with Crippen molar-refractivity contribution in [1.29, 1.82) is 0 Å². The highest BCUT2D eigenvalue weighted by Crippen LogP contribution is 2.27. The average molecular weight is 435 g/mol. The Hall–Kier alpha value is -4.52. The van der Waals surface area contributed by atoms with Crippen LogP contribution in [-0.2, 0) is 6.42 Å². The molecule has 3 aromatic heterocycles. The number of aromatic amines is 1. The van der Waals surface area contributed by atoms with Gasteiger partial charge in [0.05, 0.1) is 23.3 Å². The highest BCUT2D eigenvalue weighted by atomic mass is 16.1. The smallest absolute Gasteiger partial charge is 0.256 e. The van der Waals surface area contributed by atoms with Crippen LogP contribution in [0.2, 0.25) is 0 Å². The second-order valence-corrected chi connectivity index (χ2v) is 7.51. The van der Waals surface area contributed by atoms with Crippen molar-refractivity contribution in [2.75, 3.05) is 5.32 Å². The molecular weight excluding hydrogens is 412 g/mol. The lowest BCUT2D eigenvalue weighted by Crippen LogP contribution is -2.14. The lowest BCUT2D eigenvalue weighted by Gasteiger charge is -2.10. The van der Waals surface area contributed by atoms with Crippen LogP contribution in [0.3, 0.4) is 0 Å². The van der Waals surface area contributed by atoms with Crippen molar-refractivity contribution < 1.29 is 4.79 Å². The van der Waals surface area contributed by atoms with Gasteiger partial charge >= 0.3 is 0 Å². The van der Waals surface area contributed by atoms with Gasteiger partial charge in [0.1, 0.15) is 0 Å². The number of carbonyl (C=O) groups is 1. The van der Waals surface area contributed by atoms with E-state index in [-0.39, 0.29) is 5.91 Å². The highest BCUT2D eigenvalue weighted by molar-refractivity contribution is 6.04. The molecule has 33 heavy (non-hydrogen) atoms. The second kappa shape index (κ2) is 8.92. The van der Waals surface area contributed by atoms with Crippen molar-refractivity contribution >= 4 is 11.7 Å². The Bertz CT molecular complexity index is 1390. The number of rotatable bonds is 6. The third-order valence-corrected chi connectivity index (χ3v) is 5.49. The molecule has 0 bridgehead atoms. The van der Waals surface area contributed by atoms with E-state index in [1.54, 1.807) is 24.7 Å². The third kappa shape index (κ3) is 4.04. The summed E-state index contributed by atoms with van der Waals surface area (Å²) in [6.45, 7) is 2.04. The number of hydrogen-bond donors (Lipinski definition) is 2. The van der Waals surface area contributed by atoms with E-state index in [1.165, 1.54) is 0 Å². The van der Waals surface area contributed by atoms with Gasteiger partial charge in [-0.25, -0.2) is 4.68 Å². The number of nitrogens with one attached hydrogen (secondary N) is 2. The SMILES string of the molecule is CCc1c(NC(=O)c2cccc(-n3nccc3-c3ccccc3)c2)n[nH]c1-c1ccncc1. The van der Waals surface area contributed by atoms with Crippen molar-refractivity contribution in [3.63, 3.8) is 0 Å². The van der Waals surface area contributed by atoms with E-state index in [9.17, 15) is 4.79 Å². The minimum absolute atomic E-state index is 0.229. The first-order chi connectivity index (χ1) is 16.2. The molecule has 5 aromatic rings. The zero-order valence-electron chi connectivity index (χ0n) is 18.1. The number of benzene rings is 2. The van der Waals surface area contributed by atoms with Gasteiger partial charge in [0.2, 0.25) is 0 Å². The molecule has 0 aliphatic heterocycles. The quantitative estimate of drug-likeness (QED) is 0.387. The van der Waals surface area contributed by atoms with E-state index in [4.69, 9.17) is 0 Å². The number of nitrogens with zero attached hydrogens (tertiary/aromatic N) is 4. The molecule has 1 amide bonds. The Morgan fingerprint density at radius 1 is 0.939 bits per heavy atom. The van der Waals surface area contributed by atoms with Crippen LogP contribution in [0.15, 0.2) is 91.4 Å². The highest BCUT2D eigenvalue weighted by Gasteiger charge is 2.17. The van der Waals surface area contributed by atoms with Crippen LogP contribution in [0, 0.1) is 0 Å². The molecule has 0 spiro atoms. The van der Waals surface area contributed by atoms with Crippen LogP contribution >= 0.6 is 0 Å². The molecule has 0 fully saturated rings. The molecule has 0 atom stereocenters. The number of H-pyrrole nitrogens is 1. The number of carbonyl (C=O) groups excluding carboxylic acids is 1. The fraction of sp³-hybridized carbons (Fsp3) is 0.0769. The minimum atomic E-state index is -0.229. The molecular formula is C26H22N6O. The topological polar surface area (TPSA) is 88.5 Å². The summed E-state index contributed by atoms with van der Waals surface area (Å²) in [5, 5.41) is 14.8. The van der Waals surface area contributed by atoms with Crippen LogP contribution in [-0.4, -0.2) is 30.9 Å². The molecule has 162 valence electrons. The maximum atomic E-state index is 13.1. The Kier molecular flexibility index (Phi) is 5.51. The molecule has 0 aliphatic carbocycles. The van der Waals surface area contributed by atoms with E-state index < -0.39 is 0 Å². The molecule has 2 aromatic carbocycles. The first-order valence-corrected chi connectivity index (χ1v) is 10.7. The zero-order valence-corrected chi connectivity index (χ0v) is 18.1. The van der Waals surface area contributed by atoms with Crippen LogP contribution in [0.5, 0.6) is 0 Å². The Labute approximate surface area is 191 Å². The summed E-state index contributed by atoms with van der Waals surface area (Å²) < 4.78 is 1.83. The number of amides is 1. The molecule has 0 radical (unpaired) electrons. The predicted molar refractivity (Wildman–Crippen MR) is 128 cm³/mol. The normalized spacial score (nSPS) is 10.8. The fourth-order valence-electron chi connectivity index (χ4n) is 3.87. The van der Waals surface area contributed by atoms with Gasteiger partial charge in [0.15, 0.2) is 5.82 Å². The Balaban J connectivity index is 1.43. The summed E-state index contributed by atoms with van der Waals surface area (Å²) in [6.07, 6.45) is 5.95. The summed E-state index contributed by atoms with van der Waals surface area (Å²) >= 11 is 0. The molecule has 0 saturated carbocycles. The maximum Gasteiger partial charge on any atom is 0.256 e. The van der Waals surface area contributed by atoms with E-state index >= 15 is 0 Å². The summed E-state index contributed by atoms with van der Waals surface area (Å²) in [5.74, 6) is 0.302. The second-order valence-electron chi connectivity index (χ2n) is 7.51. The maximum absolute atomic E-state index is 13.1. The van der Waals surface area contributed by atoms with E-state index in [2.05, 4.69) is 25.6 Å². The van der Waals surface area contributed by atoms with Gasteiger partial charge in [0.25, 0.3) is 5.91 Å². The molecule has 2 N–H and O–H groups in total. The number of hydrogen-bond acceptors (Lipinski definition) is 4. The Morgan fingerprint density at radius 3 is 2.55 bits per heavy atom. The Morgan fingerprint density at radius 2 is 1.76 bits per heavy atom. The fourth-order valence-corrected chi connectivity index (χ4v) is 3.87. The lowest BCUT2D eigenvalue weighted by molar-refractivity contribution is 0.102. The molecule has 0 saturated heterocycles. The summed E-state index contributed by atoms with van der Waals surface area (Å²) in [4.78, 5) is 17.2. The molecule has 3 heterocycles. The standard InChI is InChI=1S/C26H22N6O/c1-2-22-24(19-11-14-27-15-12-19)30-31-25(22)29-26(33)20-9-6-10-21(17-20)32-23(13-16-28-32)18-7-4-3-5-8-18/h3-17H,2H2,1H3,(H2,29,30,31,33). The van der Waals surface area contributed by atoms with Gasteiger partial charge in [0, 0.05) is 34.6 Å². The first-order valence-electron chi connectivity index (χ1n) is 10.7. The predicted octanol–water partition coefficient (Wildman–Crippen LogP) is 5.14. The molecule has 7 heteroatoms. The van der Waals surface area contributed by atoms with Gasteiger partial charge in [-0.3, -0.25) is 14.9 Å². The number of aromatic nitrogens is 5. The summed E-state index contributed by atoms with van der Waals surface area (Å²) in [5.41, 5.74) is 6.15. The minimum Gasteiger partial charge on any atom is -0.305 e. The van der Waals surface area contributed by atoms with Gasteiger partial charge < -0.3 is 5.32 Å². The molecule has 0 unspecified atom stereocenters. The van der Waals surface area contributed by atoms with Crippen molar-refractivity contribution in [3.05, 3.63) is 103 Å². The van der Waals surface area contributed by atoms with Crippen molar-refractivity contribution in [2.45, 2.75) is 13.3 Å². The molecule has 0 aliphatic rings. The zero-order chi connectivity index (χ0) is 22.6. The molecule has 5 rings (SSSR count). The summed E-state index contributed by atoms with van der Waals surface area (Å²) in [6, 6.07) is 23.2. The first kappa shape index (κ1) is 20.4. The molecule has 7 nitrogen and oxygen atoms in total. The van der Waals surface area contributed by atoms with Crippen LogP contribution in [0.1, 0.15) is 22.8 Å². The summed E-state index contributed by atoms with van der Waals surface area (Å²) in [7, 11) is 0. The third-order valence-electron chi connectivity index (χ3n) is 5.49. The average Bonchev–Trinajstić information content (AvgIpc) is 3.52. The van der Waals surface area contributed by atoms with Crippen LogP contribution in [0.4, 0.5) is 5.82 Å². The van der Waals surface area contributed by atoms with Crippen molar-refractivity contribution in [2.24, 2.45) is 0 Å². The van der Waals surface area contributed by atoms with Gasteiger partial charge in [-0.2, -0.15) is 10.2 Å². The number of pyridine rings is 1. The largest absolute Gasteiger partial charge is 0.305 e. The van der Waals surface area contributed by atoms with Gasteiger partial charge in [-0.1, -0.05) is 43.3 Å². The monoisotopic (exact) mass is 434 g/mol. The van der Waals surface area contributed by atoms with E-state index in [0.29, 0.717) is 11.4 Å². The van der Waals surface area contributed by atoms with Crippen molar-refractivity contribution in [1.82, 2.24) is 25.0 Å². The van der Waals surface area contributed by atoms with Crippen LogP contribution < -0.4 is 5.32 Å². The lowest BCUT2D eigenvalue weighted by atomic mass is 10.1. The van der Waals surface area contributed by atoms with E-state index in [0.717, 1.165) is 40.2 Å². The van der Waals surface area contributed by atoms with Crippen molar-refractivity contribution in [3.8, 4) is 28.2 Å². The number of anilines is 1. The van der Waals surface area contributed by atoms with Gasteiger partial charge in [-0.15, -0.1) is 0 Å². The van der Waals surface area contributed by atoms with E-state index in [1.807, 2.05) is 78.3 Å². The van der Waals surface area contributed by atoms with Crippen LogP contribution in [0.25, 0.3) is 28.2 Å². The van der Waals surface area contributed by atoms with Gasteiger partial charge in [-0.05, 0) is 42.8 Å².